The summed E-state index contributed by atoms with van der Waals surface area (Å²) < 4.78 is 5.36. The molecule has 0 radical (unpaired) electrons. The molecule has 2 rings (SSSR count). The van der Waals surface area contributed by atoms with Crippen molar-refractivity contribution >= 4 is 12.0 Å². The highest BCUT2D eigenvalue weighted by molar-refractivity contribution is 5.74. The third-order valence-corrected chi connectivity index (χ3v) is 4.63. The zero-order valence-electron chi connectivity index (χ0n) is 12.8. The van der Waals surface area contributed by atoms with Crippen molar-refractivity contribution in [2.24, 2.45) is 5.92 Å². The number of piperidine rings is 2. The van der Waals surface area contributed by atoms with Crippen LogP contribution in [0.2, 0.25) is 0 Å². The molecule has 2 amide bonds. The predicted molar refractivity (Wildman–Crippen MR) is 78.2 cm³/mol. The second-order valence-corrected chi connectivity index (χ2v) is 6.09. The van der Waals surface area contributed by atoms with Gasteiger partial charge in [-0.3, -0.25) is 4.79 Å². The van der Waals surface area contributed by atoms with Crippen LogP contribution in [0.25, 0.3) is 0 Å². The summed E-state index contributed by atoms with van der Waals surface area (Å²) >= 11 is 0. The highest BCUT2D eigenvalue weighted by Crippen LogP contribution is 2.23. The average Bonchev–Trinajstić information content (AvgIpc) is 2.52. The van der Waals surface area contributed by atoms with E-state index in [1.165, 1.54) is 0 Å². The van der Waals surface area contributed by atoms with Gasteiger partial charge in [-0.15, -0.1) is 0 Å². The van der Waals surface area contributed by atoms with E-state index in [1.807, 2.05) is 9.80 Å². The van der Waals surface area contributed by atoms with E-state index in [0.29, 0.717) is 12.5 Å². The summed E-state index contributed by atoms with van der Waals surface area (Å²) in [4.78, 5) is 26.9. The van der Waals surface area contributed by atoms with E-state index in [2.05, 4.69) is 0 Å². The highest BCUT2D eigenvalue weighted by atomic mass is 16.5. The van der Waals surface area contributed by atoms with Crippen molar-refractivity contribution in [3.8, 4) is 0 Å². The van der Waals surface area contributed by atoms with Gasteiger partial charge in [0.15, 0.2) is 0 Å². The standard InChI is InChI=1S/C15H26N2O4/c1-21-13-3-2-8-17(11-13)15(20)16-9-6-12(7-10-16)4-5-14(18)19/h12-13H,2-11H2,1H3,(H,18,19). The molecule has 2 aliphatic heterocycles. The smallest absolute Gasteiger partial charge is 0.320 e. The van der Waals surface area contributed by atoms with Crippen molar-refractivity contribution in [3.63, 3.8) is 0 Å². The van der Waals surface area contributed by atoms with Crippen LogP contribution in [0.5, 0.6) is 0 Å². The SMILES string of the molecule is COC1CCCN(C(=O)N2CCC(CCC(=O)O)CC2)C1. The van der Waals surface area contributed by atoms with Crippen LogP contribution >= 0.6 is 0 Å². The minimum atomic E-state index is -0.729. The molecule has 0 spiro atoms. The molecule has 0 bridgehead atoms. The number of amides is 2. The molecule has 1 atom stereocenters. The summed E-state index contributed by atoms with van der Waals surface area (Å²) in [7, 11) is 1.70. The maximum atomic E-state index is 12.5. The molecule has 21 heavy (non-hydrogen) atoms. The lowest BCUT2D eigenvalue weighted by Gasteiger charge is -2.38. The number of methoxy groups -OCH3 is 1. The Kier molecular flexibility index (Phi) is 5.85. The van der Waals surface area contributed by atoms with Crippen LogP contribution < -0.4 is 0 Å². The number of hydrogen-bond acceptors (Lipinski definition) is 3. The fraction of sp³-hybridized carbons (Fsp3) is 0.867. The molecule has 6 heteroatoms. The number of aliphatic carboxylic acids is 1. The molecule has 6 nitrogen and oxygen atoms in total. The maximum absolute atomic E-state index is 12.5. The molecular formula is C15H26N2O4. The lowest BCUT2D eigenvalue weighted by atomic mass is 9.92. The Morgan fingerprint density at radius 2 is 1.86 bits per heavy atom. The third-order valence-electron chi connectivity index (χ3n) is 4.63. The van der Waals surface area contributed by atoms with Crippen molar-refractivity contribution < 1.29 is 19.4 Å². The molecule has 1 N–H and O–H groups in total. The van der Waals surface area contributed by atoms with E-state index in [9.17, 15) is 9.59 Å². The van der Waals surface area contributed by atoms with Gasteiger partial charge in [-0.05, 0) is 38.0 Å². The third kappa shape index (κ3) is 4.59. The number of hydrogen-bond donors (Lipinski definition) is 1. The molecule has 0 aromatic rings. The number of nitrogens with zero attached hydrogens (tertiary/aromatic N) is 2. The fourth-order valence-electron chi connectivity index (χ4n) is 3.24. The molecule has 0 saturated carbocycles. The molecule has 0 aromatic carbocycles. The number of likely N-dealkylation sites (tertiary alicyclic amines) is 2. The van der Waals surface area contributed by atoms with Crippen LogP contribution in [-0.2, 0) is 9.53 Å². The van der Waals surface area contributed by atoms with Gasteiger partial charge in [-0.1, -0.05) is 0 Å². The van der Waals surface area contributed by atoms with Gasteiger partial charge < -0.3 is 19.6 Å². The van der Waals surface area contributed by atoms with E-state index in [-0.39, 0.29) is 18.6 Å². The summed E-state index contributed by atoms with van der Waals surface area (Å²) in [6.45, 7) is 3.00. The number of rotatable bonds is 4. The van der Waals surface area contributed by atoms with Crippen LogP contribution in [0.15, 0.2) is 0 Å². The Balaban J connectivity index is 1.76. The zero-order chi connectivity index (χ0) is 15.2. The normalized spacial score (nSPS) is 24.1. The first-order valence-electron chi connectivity index (χ1n) is 7.88. The highest BCUT2D eigenvalue weighted by Gasteiger charge is 2.29. The van der Waals surface area contributed by atoms with Gasteiger partial charge in [0.25, 0.3) is 0 Å². The van der Waals surface area contributed by atoms with Gasteiger partial charge in [-0.2, -0.15) is 0 Å². The van der Waals surface area contributed by atoms with Crippen LogP contribution in [-0.4, -0.2) is 66.3 Å². The van der Waals surface area contributed by atoms with Crippen molar-refractivity contribution in [2.75, 3.05) is 33.3 Å². The molecule has 1 unspecified atom stereocenters. The van der Waals surface area contributed by atoms with E-state index < -0.39 is 5.97 Å². The van der Waals surface area contributed by atoms with Gasteiger partial charge in [0.1, 0.15) is 0 Å². The largest absolute Gasteiger partial charge is 0.481 e. The first-order chi connectivity index (χ1) is 10.1. The van der Waals surface area contributed by atoms with Gasteiger partial charge in [0.05, 0.1) is 6.10 Å². The molecule has 0 aliphatic carbocycles. The van der Waals surface area contributed by atoms with Crippen molar-refractivity contribution in [2.45, 2.75) is 44.6 Å². The number of carboxylic acids is 1. The van der Waals surface area contributed by atoms with E-state index in [0.717, 1.165) is 51.7 Å². The van der Waals surface area contributed by atoms with Gasteiger partial charge in [-0.25, -0.2) is 4.79 Å². The van der Waals surface area contributed by atoms with Crippen molar-refractivity contribution in [1.82, 2.24) is 9.80 Å². The summed E-state index contributed by atoms with van der Waals surface area (Å²) in [6, 6.07) is 0.119. The number of urea groups is 1. The van der Waals surface area contributed by atoms with Crippen LogP contribution in [0, 0.1) is 5.92 Å². The minimum Gasteiger partial charge on any atom is -0.481 e. The molecule has 2 aliphatic rings. The Morgan fingerprint density at radius 3 is 2.48 bits per heavy atom. The van der Waals surface area contributed by atoms with Gasteiger partial charge >= 0.3 is 12.0 Å². The quantitative estimate of drug-likeness (QED) is 0.859. The first kappa shape index (κ1) is 16.1. The van der Waals surface area contributed by atoms with Crippen LogP contribution in [0.1, 0.15) is 38.5 Å². The molecule has 120 valence electrons. The van der Waals surface area contributed by atoms with E-state index in [4.69, 9.17) is 9.84 Å². The second-order valence-electron chi connectivity index (χ2n) is 6.09. The number of carbonyl (C=O) groups excluding carboxylic acids is 1. The van der Waals surface area contributed by atoms with E-state index >= 15 is 0 Å². The van der Waals surface area contributed by atoms with Crippen molar-refractivity contribution in [3.05, 3.63) is 0 Å². The maximum Gasteiger partial charge on any atom is 0.320 e. The van der Waals surface area contributed by atoms with Crippen molar-refractivity contribution in [1.29, 1.82) is 0 Å². The summed E-state index contributed by atoms with van der Waals surface area (Å²) in [5, 5.41) is 8.72. The van der Waals surface area contributed by atoms with Gasteiger partial charge in [0, 0.05) is 39.7 Å². The Labute approximate surface area is 126 Å². The first-order valence-corrected chi connectivity index (χ1v) is 7.88. The second kappa shape index (κ2) is 7.64. The lowest BCUT2D eigenvalue weighted by Crippen LogP contribution is -2.51. The predicted octanol–water partition coefficient (Wildman–Crippen LogP) is 1.79. The average molecular weight is 298 g/mol. The Hall–Kier alpha value is -1.30. The minimum absolute atomic E-state index is 0.119. The van der Waals surface area contributed by atoms with E-state index in [1.54, 1.807) is 7.11 Å². The zero-order valence-corrected chi connectivity index (χ0v) is 12.8. The molecule has 2 saturated heterocycles. The van der Waals surface area contributed by atoms with Crippen LogP contribution in [0.3, 0.4) is 0 Å². The Bertz CT molecular complexity index is 367. The summed E-state index contributed by atoms with van der Waals surface area (Å²) in [6.07, 6.45) is 4.99. The van der Waals surface area contributed by atoms with Gasteiger partial charge in [0.2, 0.25) is 0 Å². The summed E-state index contributed by atoms with van der Waals surface area (Å²) in [5.41, 5.74) is 0. The summed E-state index contributed by atoms with van der Waals surface area (Å²) in [5.74, 6) is -0.286. The monoisotopic (exact) mass is 298 g/mol. The topological polar surface area (TPSA) is 70.1 Å². The molecule has 2 heterocycles. The Morgan fingerprint density at radius 1 is 1.14 bits per heavy atom. The number of ether oxygens (including phenoxy) is 1. The lowest BCUT2D eigenvalue weighted by molar-refractivity contribution is -0.137. The molecule has 2 fully saturated rings. The number of carbonyl (C=O) groups is 2. The molecule has 0 aromatic heterocycles. The fourth-order valence-corrected chi connectivity index (χ4v) is 3.24. The van der Waals surface area contributed by atoms with Crippen LogP contribution in [0.4, 0.5) is 4.79 Å². The molecular weight excluding hydrogens is 272 g/mol. The number of carboxylic acid groups (broad SMARTS) is 1.